The molecule has 1 saturated heterocycles. The van der Waals surface area contributed by atoms with E-state index in [1.807, 2.05) is 4.90 Å². The van der Waals surface area contributed by atoms with Gasteiger partial charge in [-0.2, -0.15) is 0 Å². The summed E-state index contributed by atoms with van der Waals surface area (Å²) in [6, 6.07) is 3.69. The molecule has 1 aliphatic rings. The first-order valence-electron chi connectivity index (χ1n) is 8.01. The highest BCUT2D eigenvalue weighted by molar-refractivity contribution is 5.90. The number of ether oxygens (including phenoxy) is 2. The number of benzene rings is 1. The number of fused-ring (bicyclic) bond motifs is 1. The molecule has 7 heteroatoms. The van der Waals surface area contributed by atoms with Gasteiger partial charge in [0.25, 0.3) is 0 Å². The van der Waals surface area contributed by atoms with E-state index in [0.29, 0.717) is 29.7 Å². The number of amides is 1. The number of methoxy groups -OCH3 is 1. The molecule has 0 aliphatic carbocycles. The lowest BCUT2D eigenvalue weighted by atomic mass is 10.2. The summed E-state index contributed by atoms with van der Waals surface area (Å²) in [5.74, 6) is 2.28. The molecule has 1 aromatic heterocycles. The van der Waals surface area contributed by atoms with Crippen LogP contribution in [0.1, 0.15) is 25.6 Å². The molecule has 2 N–H and O–H groups in total. The smallest absolute Gasteiger partial charge is 0.219 e. The Kier molecular flexibility index (Phi) is 4.42. The monoisotopic (exact) mass is 330 g/mol. The van der Waals surface area contributed by atoms with Gasteiger partial charge in [0.15, 0.2) is 11.5 Å². The van der Waals surface area contributed by atoms with Crippen molar-refractivity contribution in [1.82, 2.24) is 14.9 Å². The first-order valence-corrected chi connectivity index (χ1v) is 8.01. The maximum absolute atomic E-state index is 11.7. The molecule has 7 nitrogen and oxygen atoms in total. The van der Waals surface area contributed by atoms with Gasteiger partial charge in [0.2, 0.25) is 5.91 Å². The zero-order chi connectivity index (χ0) is 17.3. The van der Waals surface area contributed by atoms with E-state index in [1.54, 1.807) is 33.1 Å². The van der Waals surface area contributed by atoms with Gasteiger partial charge in [-0.1, -0.05) is 0 Å². The summed E-state index contributed by atoms with van der Waals surface area (Å²) in [5.41, 5.74) is 6.72. The lowest BCUT2D eigenvalue weighted by Crippen LogP contribution is -2.37. The van der Waals surface area contributed by atoms with Crippen LogP contribution in [0.15, 0.2) is 12.1 Å². The fourth-order valence-corrected chi connectivity index (χ4v) is 3.16. The average Bonchev–Trinajstić information content (AvgIpc) is 3.01. The molecule has 3 rings (SSSR count). The zero-order valence-corrected chi connectivity index (χ0v) is 14.2. The summed E-state index contributed by atoms with van der Waals surface area (Å²) in [6.45, 7) is 4.60. The molecule has 2 heterocycles. The van der Waals surface area contributed by atoms with Crippen molar-refractivity contribution in [2.75, 3.05) is 26.0 Å². The number of hydrogen-bond donors (Lipinski definition) is 1. The van der Waals surface area contributed by atoms with Crippen LogP contribution in [-0.4, -0.2) is 47.1 Å². The van der Waals surface area contributed by atoms with Gasteiger partial charge >= 0.3 is 0 Å². The third-order valence-corrected chi connectivity index (χ3v) is 4.34. The highest BCUT2D eigenvalue weighted by atomic mass is 16.5. The third-order valence-electron chi connectivity index (χ3n) is 4.34. The number of nitrogen functional groups attached to an aromatic ring is 1. The Morgan fingerprint density at radius 1 is 1.38 bits per heavy atom. The summed E-state index contributed by atoms with van der Waals surface area (Å²) in [6.07, 6.45) is 1.95. The van der Waals surface area contributed by atoms with Crippen LogP contribution in [0.25, 0.3) is 10.9 Å². The number of carbonyl (C=O) groups is 1. The van der Waals surface area contributed by atoms with Gasteiger partial charge in [0.05, 0.1) is 18.7 Å². The Labute approximate surface area is 140 Å². The topological polar surface area (TPSA) is 90.6 Å². The molecule has 1 atom stereocenters. The predicted molar refractivity (Wildman–Crippen MR) is 91.1 cm³/mol. The average molecular weight is 330 g/mol. The van der Waals surface area contributed by atoms with Crippen molar-refractivity contribution < 1.29 is 14.3 Å². The third kappa shape index (κ3) is 3.06. The van der Waals surface area contributed by atoms with E-state index in [-0.39, 0.29) is 11.9 Å². The van der Waals surface area contributed by atoms with Crippen molar-refractivity contribution in [3.63, 3.8) is 0 Å². The van der Waals surface area contributed by atoms with Crippen LogP contribution in [0.5, 0.6) is 11.5 Å². The number of hydrogen-bond acceptors (Lipinski definition) is 6. The van der Waals surface area contributed by atoms with Crippen molar-refractivity contribution in [3.8, 4) is 11.5 Å². The van der Waals surface area contributed by atoms with E-state index >= 15 is 0 Å². The van der Waals surface area contributed by atoms with Crippen LogP contribution >= 0.6 is 0 Å². The molecule has 0 saturated carbocycles. The minimum atomic E-state index is 0.0831. The predicted octanol–water partition coefficient (Wildman–Crippen LogP) is 1.92. The Morgan fingerprint density at radius 3 is 2.88 bits per heavy atom. The van der Waals surface area contributed by atoms with E-state index in [2.05, 4.69) is 9.97 Å². The van der Waals surface area contributed by atoms with Crippen LogP contribution in [0.3, 0.4) is 0 Å². The lowest BCUT2D eigenvalue weighted by Gasteiger charge is -2.23. The second-order valence-electron chi connectivity index (χ2n) is 6.00. The van der Waals surface area contributed by atoms with Crippen LogP contribution in [0, 0.1) is 6.92 Å². The Hall–Kier alpha value is -2.57. The molecule has 0 bridgehead atoms. The maximum Gasteiger partial charge on any atom is 0.219 e. The number of nitrogens with zero attached hydrogens (tertiary/aromatic N) is 3. The first kappa shape index (κ1) is 16.3. The lowest BCUT2D eigenvalue weighted by molar-refractivity contribution is -0.130. The summed E-state index contributed by atoms with van der Waals surface area (Å²) in [5, 5.41) is 0.728. The van der Waals surface area contributed by atoms with E-state index in [0.717, 1.165) is 30.3 Å². The maximum atomic E-state index is 11.7. The fraction of sp³-hybridized carbons (Fsp3) is 0.471. The Bertz CT molecular complexity index is 778. The normalized spacial score (nSPS) is 17.3. The van der Waals surface area contributed by atoms with Crippen molar-refractivity contribution >= 4 is 22.6 Å². The molecule has 2 aromatic rings. The summed E-state index contributed by atoms with van der Waals surface area (Å²) < 4.78 is 11.4. The van der Waals surface area contributed by atoms with Gasteiger partial charge in [-0.05, 0) is 25.8 Å². The molecule has 1 fully saturated rings. The standard InChI is InChI=1S/C17H22N4O3/c1-10-19-14-8-15(23-3)16(7-13(14)17(18)20-10)24-9-12-5-4-6-21(12)11(2)22/h7-8,12H,4-6,9H2,1-3H3,(H2,18,19,20)/t12-/m0/s1. The molecule has 1 aromatic carbocycles. The number of likely N-dealkylation sites (tertiary alicyclic amines) is 1. The highest BCUT2D eigenvalue weighted by Crippen LogP contribution is 2.34. The van der Waals surface area contributed by atoms with Gasteiger partial charge in [0, 0.05) is 24.9 Å². The van der Waals surface area contributed by atoms with E-state index in [1.165, 1.54) is 0 Å². The molecule has 24 heavy (non-hydrogen) atoms. The van der Waals surface area contributed by atoms with Crippen LogP contribution in [0.4, 0.5) is 5.82 Å². The number of anilines is 1. The summed E-state index contributed by atoms with van der Waals surface area (Å²) >= 11 is 0. The molecule has 0 spiro atoms. The summed E-state index contributed by atoms with van der Waals surface area (Å²) in [7, 11) is 1.59. The number of aryl methyl sites for hydroxylation is 1. The molecular weight excluding hydrogens is 308 g/mol. The van der Waals surface area contributed by atoms with Crippen LogP contribution < -0.4 is 15.2 Å². The zero-order valence-electron chi connectivity index (χ0n) is 14.2. The number of nitrogens with two attached hydrogens (primary N) is 1. The van der Waals surface area contributed by atoms with Crippen LogP contribution in [-0.2, 0) is 4.79 Å². The SMILES string of the molecule is COc1cc2nc(C)nc(N)c2cc1OC[C@@H]1CCCN1C(C)=O. The molecule has 0 radical (unpaired) electrons. The van der Waals surface area contributed by atoms with Gasteiger partial charge in [-0.3, -0.25) is 4.79 Å². The minimum absolute atomic E-state index is 0.0831. The number of carbonyl (C=O) groups excluding carboxylic acids is 1. The quantitative estimate of drug-likeness (QED) is 0.921. The minimum Gasteiger partial charge on any atom is -0.493 e. The molecule has 1 amide bonds. The second kappa shape index (κ2) is 6.51. The van der Waals surface area contributed by atoms with E-state index in [4.69, 9.17) is 15.2 Å². The first-order chi connectivity index (χ1) is 11.5. The Balaban J connectivity index is 1.87. The van der Waals surface area contributed by atoms with Crippen molar-refractivity contribution in [2.24, 2.45) is 0 Å². The van der Waals surface area contributed by atoms with E-state index in [9.17, 15) is 4.79 Å². The van der Waals surface area contributed by atoms with Crippen molar-refractivity contribution in [1.29, 1.82) is 0 Å². The molecule has 0 unspecified atom stereocenters. The fourth-order valence-electron chi connectivity index (χ4n) is 3.16. The molecule has 1 aliphatic heterocycles. The number of aromatic nitrogens is 2. The number of rotatable bonds is 4. The van der Waals surface area contributed by atoms with Gasteiger partial charge in [0.1, 0.15) is 18.2 Å². The molecular formula is C17H22N4O3. The molecule has 128 valence electrons. The van der Waals surface area contributed by atoms with Gasteiger partial charge in [-0.25, -0.2) is 9.97 Å². The summed E-state index contributed by atoms with van der Waals surface area (Å²) in [4.78, 5) is 22.1. The van der Waals surface area contributed by atoms with Crippen LogP contribution in [0.2, 0.25) is 0 Å². The van der Waals surface area contributed by atoms with Gasteiger partial charge in [-0.15, -0.1) is 0 Å². The second-order valence-corrected chi connectivity index (χ2v) is 6.00. The van der Waals surface area contributed by atoms with Gasteiger partial charge < -0.3 is 20.1 Å². The van der Waals surface area contributed by atoms with Crippen molar-refractivity contribution in [3.05, 3.63) is 18.0 Å². The largest absolute Gasteiger partial charge is 0.493 e. The van der Waals surface area contributed by atoms with E-state index < -0.39 is 0 Å². The Morgan fingerprint density at radius 2 is 2.17 bits per heavy atom. The van der Waals surface area contributed by atoms with Crippen molar-refractivity contribution in [2.45, 2.75) is 32.7 Å². The highest BCUT2D eigenvalue weighted by Gasteiger charge is 2.27.